The summed E-state index contributed by atoms with van der Waals surface area (Å²) in [7, 11) is 0. The molecule has 1 aromatic carbocycles. The Bertz CT molecular complexity index is 1140. The Hall–Kier alpha value is -2.75. The van der Waals surface area contributed by atoms with Crippen LogP contribution >= 0.6 is 22.9 Å². The Morgan fingerprint density at radius 2 is 1.87 bits per heavy atom. The van der Waals surface area contributed by atoms with Gasteiger partial charge in [-0.3, -0.25) is 23.9 Å². The number of hydrogen-bond donors (Lipinski definition) is 1. The first kappa shape index (κ1) is 20.5. The van der Waals surface area contributed by atoms with Gasteiger partial charge in [-0.25, -0.2) is 4.98 Å². The molecule has 1 fully saturated rings. The van der Waals surface area contributed by atoms with Gasteiger partial charge in [-0.05, 0) is 23.6 Å². The molecule has 156 valence electrons. The molecule has 0 atom stereocenters. The predicted octanol–water partition coefficient (Wildman–Crippen LogP) is 1.89. The van der Waals surface area contributed by atoms with E-state index in [4.69, 9.17) is 11.6 Å². The summed E-state index contributed by atoms with van der Waals surface area (Å²) < 4.78 is 1.35. The van der Waals surface area contributed by atoms with Crippen LogP contribution in [-0.4, -0.2) is 63.9 Å². The van der Waals surface area contributed by atoms with Crippen molar-refractivity contribution in [3.8, 4) is 0 Å². The van der Waals surface area contributed by atoms with Crippen molar-refractivity contribution in [3.63, 3.8) is 0 Å². The number of anilines is 1. The number of thiophene rings is 1. The average molecular weight is 446 g/mol. The summed E-state index contributed by atoms with van der Waals surface area (Å²) in [5.41, 5.74) is 0.379. The summed E-state index contributed by atoms with van der Waals surface area (Å²) >= 11 is 7.47. The number of halogens is 1. The standard InChI is InChI=1S/C20H20ClN5O3S/c21-15-3-1-2-4-16(15)23-17(27)11-24-6-8-25(9-7-24)18(28)12-26-13-22-19-14(20(26)29)5-10-30-19/h1-5,10,13H,6-9,11-12H2,(H,23,27). The Labute approximate surface area is 181 Å². The van der Waals surface area contributed by atoms with Gasteiger partial charge in [0.05, 0.1) is 29.0 Å². The van der Waals surface area contributed by atoms with Gasteiger partial charge in [-0.1, -0.05) is 23.7 Å². The van der Waals surface area contributed by atoms with E-state index in [1.165, 1.54) is 22.2 Å². The Morgan fingerprint density at radius 3 is 2.63 bits per heavy atom. The predicted molar refractivity (Wildman–Crippen MR) is 117 cm³/mol. The summed E-state index contributed by atoms with van der Waals surface area (Å²) in [6.45, 7) is 2.36. The van der Waals surface area contributed by atoms with Gasteiger partial charge in [0.2, 0.25) is 11.8 Å². The molecule has 1 aliphatic rings. The highest BCUT2D eigenvalue weighted by Crippen LogP contribution is 2.20. The molecule has 0 spiro atoms. The second kappa shape index (κ2) is 8.95. The van der Waals surface area contributed by atoms with Crippen molar-refractivity contribution in [1.82, 2.24) is 19.4 Å². The molecule has 3 heterocycles. The molecule has 0 bridgehead atoms. The van der Waals surface area contributed by atoms with Crippen molar-refractivity contribution in [3.05, 3.63) is 57.4 Å². The second-order valence-electron chi connectivity index (χ2n) is 7.00. The van der Waals surface area contributed by atoms with Crippen molar-refractivity contribution in [2.45, 2.75) is 6.54 Å². The van der Waals surface area contributed by atoms with E-state index in [2.05, 4.69) is 10.3 Å². The smallest absolute Gasteiger partial charge is 0.262 e. The first-order valence-corrected chi connectivity index (χ1v) is 10.7. The lowest BCUT2D eigenvalue weighted by Gasteiger charge is -2.34. The summed E-state index contributed by atoms with van der Waals surface area (Å²) in [5.74, 6) is -0.279. The second-order valence-corrected chi connectivity index (χ2v) is 8.30. The lowest BCUT2D eigenvalue weighted by molar-refractivity contribution is -0.133. The summed E-state index contributed by atoms with van der Waals surface area (Å²) in [6.07, 6.45) is 1.42. The van der Waals surface area contributed by atoms with Crippen LogP contribution in [0.4, 0.5) is 5.69 Å². The third-order valence-corrected chi connectivity index (χ3v) is 6.15. The van der Waals surface area contributed by atoms with Gasteiger partial charge in [-0.2, -0.15) is 0 Å². The number of hydrogen-bond acceptors (Lipinski definition) is 6. The monoisotopic (exact) mass is 445 g/mol. The largest absolute Gasteiger partial charge is 0.339 e. The van der Waals surface area contributed by atoms with Crippen LogP contribution in [0.5, 0.6) is 0 Å². The first-order chi connectivity index (χ1) is 14.5. The van der Waals surface area contributed by atoms with Crippen LogP contribution < -0.4 is 10.9 Å². The van der Waals surface area contributed by atoms with Crippen molar-refractivity contribution >= 4 is 50.7 Å². The number of rotatable bonds is 5. The van der Waals surface area contributed by atoms with Crippen LogP contribution in [0.3, 0.4) is 0 Å². The fourth-order valence-corrected chi connectivity index (χ4v) is 4.27. The number of fused-ring (bicyclic) bond motifs is 1. The number of nitrogens with one attached hydrogen (secondary N) is 1. The molecule has 10 heteroatoms. The summed E-state index contributed by atoms with van der Waals surface area (Å²) in [6, 6.07) is 8.81. The lowest BCUT2D eigenvalue weighted by Crippen LogP contribution is -2.51. The van der Waals surface area contributed by atoms with Crippen molar-refractivity contribution in [2.24, 2.45) is 0 Å². The maximum Gasteiger partial charge on any atom is 0.262 e. The molecule has 0 saturated carbocycles. The number of carbonyl (C=O) groups is 2. The van der Waals surface area contributed by atoms with Gasteiger partial charge in [0.15, 0.2) is 0 Å². The van der Waals surface area contributed by atoms with Gasteiger partial charge < -0.3 is 10.2 Å². The molecule has 2 aromatic heterocycles. The molecule has 1 saturated heterocycles. The molecule has 0 aliphatic carbocycles. The summed E-state index contributed by atoms with van der Waals surface area (Å²) in [5, 5.41) is 5.64. The Balaban J connectivity index is 1.29. The Kier molecular flexibility index (Phi) is 6.12. The molecular weight excluding hydrogens is 426 g/mol. The first-order valence-electron chi connectivity index (χ1n) is 9.48. The third-order valence-electron chi connectivity index (χ3n) is 5.00. The van der Waals surface area contributed by atoms with Crippen LogP contribution in [0.25, 0.3) is 10.2 Å². The lowest BCUT2D eigenvalue weighted by atomic mass is 10.3. The highest BCUT2D eigenvalue weighted by atomic mass is 35.5. The molecule has 1 aliphatic heterocycles. The topological polar surface area (TPSA) is 87.5 Å². The zero-order valence-electron chi connectivity index (χ0n) is 16.1. The maximum absolute atomic E-state index is 12.6. The molecule has 0 radical (unpaired) electrons. The number of carbonyl (C=O) groups excluding carboxylic acids is 2. The van der Waals surface area contributed by atoms with Crippen LogP contribution in [-0.2, 0) is 16.1 Å². The van der Waals surface area contributed by atoms with E-state index in [-0.39, 0.29) is 30.5 Å². The van der Waals surface area contributed by atoms with E-state index in [1.807, 2.05) is 16.3 Å². The average Bonchev–Trinajstić information content (AvgIpc) is 3.22. The van der Waals surface area contributed by atoms with Gasteiger partial charge in [-0.15, -0.1) is 11.3 Å². The number of amides is 2. The zero-order valence-corrected chi connectivity index (χ0v) is 17.7. The SMILES string of the molecule is O=C(CN1CCN(C(=O)Cn2cnc3sccc3c2=O)CC1)Nc1ccccc1Cl. The molecule has 1 N–H and O–H groups in total. The number of aromatic nitrogens is 2. The molecular formula is C20H20ClN5O3S. The highest BCUT2D eigenvalue weighted by Gasteiger charge is 2.23. The molecule has 2 amide bonds. The third kappa shape index (κ3) is 4.53. The quantitative estimate of drug-likeness (QED) is 0.648. The Morgan fingerprint density at radius 1 is 1.10 bits per heavy atom. The van der Waals surface area contributed by atoms with Gasteiger partial charge in [0.25, 0.3) is 5.56 Å². The molecule has 8 nitrogen and oxygen atoms in total. The van der Waals surface area contributed by atoms with E-state index in [1.54, 1.807) is 29.2 Å². The normalized spacial score (nSPS) is 14.8. The highest BCUT2D eigenvalue weighted by molar-refractivity contribution is 7.16. The zero-order chi connectivity index (χ0) is 21.1. The van der Waals surface area contributed by atoms with Crippen molar-refractivity contribution < 1.29 is 9.59 Å². The van der Waals surface area contributed by atoms with E-state index >= 15 is 0 Å². The molecule has 0 unspecified atom stereocenters. The van der Waals surface area contributed by atoms with E-state index in [0.717, 1.165) is 0 Å². The number of para-hydroxylation sites is 1. The number of benzene rings is 1. The fraction of sp³-hybridized carbons (Fsp3) is 0.300. The van der Waals surface area contributed by atoms with Gasteiger partial charge >= 0.3 is 0 Å². The van der Waals surface area contributed by atoms with E-state index in [9.17, 15) is 14.4 Å². The van der Waals surface area contributed by atoms with E-state index in [0.29, 0.717) is 47.1 Å². The van der Waals surface area contributed by atoms with Gasteiger partial charge in [0, 0.05) is 26.2 Å². The minimum absolute atomic E-state index is 0.0371. The minimum Gasteiger partial charge on any atom is -0.339 e. The molecule has 3 aromatic rings. The van der Waals surface area contributed by atoms with Crippen molar-refractivity contribution in [1.29, 1.82) is 0 Å². The van der Waals surface area contributed by atoms with Gasteiger partial charge in [0.1, 0.15) is 11.4 Å². The fourth-order valence-electron chi connectivity index (χ4n) is 3.36. The van der Waals surface area contributed by atoms with Crippen LogP contribution in [0.15, 0.2) is 46.8 Å². The van der Waals surface area contributed by atoms with Crippen molar-refractivity contribution in [2.75, 3.05) is 38.0 Å². The molecule has 4 rings (SSSR count). The van der Waals surface area contributed by atoms with Crippen LogP contribution in [0, 0.1) is 0 Å². The van der Waals surface area contributed by atoms with Crippen LogP contribution in [0.2, 0.25) is 5.02 Å². The number of piperazine rings is 1. The molecule has 30 heavy (non-hydrogen) atoms. The number of nitrogens with zero attached hydrogens (tertiary/aromatic N) is 4. The minimum atomic E-state index is -0.204. The van der Waals surface area contributed by atoms with E-state index < -0.39 is 0 Å². The van der Waals surface area contributed by atoms with Crippen LogP contribution in [0.1, 0.15) is 0 Å². The maximum atomic E-state index is 12.6. The summed E-state index contributed by atoms with van der Waals surface area (Å²) in [4.78, 5) is 46.0.